The van der Waals surface area contributed by atoms with Crippen LogP contribution < -0.4 is 10.6 Å². The molecule has 6 nitrogen and oxygen atoms in total. The molecule has 0 bridgehead atoms. The summed E-state index contributed by atoms with van der Waals surface area (Å²) in [6, 6.07) is 13.5. The minimum atomic E-state index is -4.45. The summed E-state index contributed by atoms with van der Waals surface area (Å²) in [6.45, 7) is 3.79. The van der Waals surface area contributed by atoms with E-state index < -0.39 is 35.8 Å². The molecular formula is C24H26F3N3O3. The number of alkyl halides is 3. The minimum absolute atomic E-state index is 0.0211. The van der Waals surface area contributed by atoms with Crippen molar-refractivity contribution >= 4 is 12.0 Å². The van der Waals surface area contributed by atoms with E-state index in [9.17, 15) is 28.0 Å². The third kappa shape index (κ3) is 8.85. The van der Waals surface area contributed by atoms with Gasteiger partial charge in [-0.1, -0.05) is 56.3 Å². The predicted octanol–water partition coefficient (Wildman–Crippen LogP) is 4.60. The summed E-state index contributed by atoms with van der Waals surface area (Å²) >= 11 is 0. The second-order valence-electron chi connectivity index (χ2n) is 7.98. The number of benzene rings is 2. The second kappa shape index (κ2) is 11.9. The van der Waals surface area contributed by atoms with E-state index in [1.165, 1.54) is 12.1 Å². The number of rotatable bonds is 9. The summed E-state index contributed by atoms with van der Waals surface area (Å²) in [4.78, 5) is 25.0. The van der Waals surface area contributed by atoms with Crippen LogP contribution in [0.4, 0.5) is 18.0 Å². The van der Waals surface area contributed by atoms with Gasteiger partial charge in [-0.2, -0.15) is 18.4 Å². The molecule has 0 aliphatic rings. The molecular weight excluding hydrogens is 435 g/mol. The molecule has 2 aromatic carbocycles. The lowest BCUT2D eigenvalue weighted by atomic mass is 10.0. The number of nitriles is 1. The molecule has 0 fully saturated rings. The molecule has 0 heterocycles. The lowest BCUT2D eigenvalue weighted by Gasteiger charge is -2.22. The fourth-order valence-corrected chi connectivity index (χ4v) is 3.08. The fraction of sp³-hybridized carbons (Fsp3) is 0.375. The zero-order chi connectivity index (χ0) is 24.4. The van der Waals surface area contributed by atoms with Gasteiger partial charge in [0.25, 0.3) is 0 Å². The molecule has 0 aliphatic heterocycles. The van der Waals surface area contributed by atoms with Crippen LogP contribution >= 0.6 is 0 Å². The highest BCUT2D eigenvalue weighted by molar-refractivity contribution is 5.86. The third-order valence-electron chi connectivity index (χ3n) is 4.72. The average Bonchev–Trinajstić information content (AvgIpc) is 2.77. The van der Waals surface area contributed by atoms with Gasteiger partial charge in [0.1, 0.15) is 18.7 Å². The quantitative estimate of drug-likeness (QED) is 0.571. The molecule has 33 heavy (non-hydrogen) atoms. The van der Waals surface area contributed by atoms with Gasteiger partial charge in [-0.3, -0.25) is 4.79 Å². The third-order valence-corrected chi connectivity index (χ3v) is 4.72. The highest BCUT2D eigenvalue weighted by atomic mass is 19.4. The Morgan fingerprint density at radius 3 is 2.18 bits per heavy atom. The molecule has 0 saturated carbocycles. The van der Waals surface area contributed by atoms with Crippen LogP contribution in [0.3, 0.4) is 0 Å². The maximum absolute atomic E-state index is 12.8. The van der Waals surface area contributed by atoms with Crippen molar-refractivity contribution in [2.75, 3.05) is 0 Å². The van der Waals surface area contributed by atoms with Crippen molar-refractivity contribution in [1.29, 1.82) is 5.26 Å². The number of alkyl carbamates (subject to hydrolysis) is 1. The van der Waals surface area contributed by atoms with Gasteiger partial charge in [-0.25, -0.2) is 4.79 Å². The largest absolute Gasteiger partial charge is 0.445 e. The van der Waals surface area contributed by atoms with Gasteiger partial charge in [-0.05, 0) is 35.6 Å². The highest BCUT2D eigenvalue weighted by Gasteiger charge is 2.30. The molecule has 9 heteroatoms. The van der Waals surface area contributed by atoms with Crippen molar-refractivity contribution in [2.45, 2.75) is 51.6 Å². The minimum Gasteiger partial charge on any atom is -0.445 e. The first-order valence-corrected chi connectivity index (χ1v) is 10.4. The van der Waals surface area contributed by atoms with Crippen molar-refractivity contribution in [3.05, 3.63) is 71.3 Å². The van der Waals surface area contributed by atoms with Crippen LogP contribution in [0.5, 0.6) is 0 Å². The van der Waals surface area contributed by atoms with Gasteiger partial charge in [0.05, 0.1) is 11.6 Å². The van der Waals surface area contributed by atoms with Gasteiger partial charge in [0, 0.05) is 6.42 Å². The van der Waals surface area contributed by atoms with Crippen LogP contribution in [0.1, 0.15) is 37.0 Å². The smallest absolute Gasteiger partial charge is 0.416 e. The Bertz CT molecular complexity index is 955. The van der Waals surface area contributed by atoms with E-state index >= 15 is 0 Å². The van der Waals surface area contributed by atoms with Gasteiger partial charge in [0.15, 0.2) is 0 Å². The summed E-state index contributed by atoms with van der Waals surface area (Å²) in [7, 11) is 0. The van der Waals surface area contributed by atoms with E-state index in [4.69, 9.17) is 4.74 Å². The normalized spacial score (nSPS) is 13.0. The lowest BCUT2D eigenvalue weighted by molar-refractivity contribution is -0.137. The van der Waals surface area contributed by atoms with Crippen molar-refractivity contribution < 1.29 is 27.5 Å². The van der Waals surface area contributed by atoms with Gasteiger partial charge >= 0.3 is 12.3 Å². The number of ether oxygens (including phenoxy) is 1. The summed E-state index contributed by atoms with van der Waals surface area (Å²) < 4.78 is 43.3. The molecule has 2 atom stereocenters. The number of amides is 2. The molecule has 0 radical (unpaired) electrons. The Morgan fingerprint density at radius 1 is 1.00 bits per heavy atom. The van der Waals surface area contributed by atoms with E-state index in [2.05, 4.69) is 10.6 Å². The number of carbonyl (C=O) groups is 2. The van der Waals surface area contributed by atoms with Gasteiger partial charge in [-0.15, -0.1) is 0 Å². The Hall–Kier alpha value is -3.54. The molecule has 2 N–H and O–H groups in total. The van der Waals surface area contributed by atoms with Crippen LogP contribution in [0.2, 0.25) is 0 Å². The van der Waals surface area contributed by atoms with Crippen LogP contribution in [0, 0.1) is 17.2 Å². The molecule has 0 saturated heterocycles. The SMILES string of the molecule is CC(C)C[C@H](NC(=O)OCc1ccccc1)C(=O)N[C@H](C#N)Cc1ccc(C(F)(F)F)cc1. The topological polar surface area (TPSA) is 91.2 Å². The first kappa shape index (κ1) is 25.7. The predicted molar refractivity (Wildman–Crippen MR) is 116 cm³/mol. The maximum Gasteiger partial charge on any atom is 0.416 e. The Kier molecular flexibility index (Phi) is 9.28. The molecule has 0 spiro atoms. The second-order valence-corrected chi connectivity index (χ2v) is 7.98. The molecule has 0 aliphatic carbocycles. The Balaban J connectivity index is 1.97. The van der Waals surface area contributed by atoms with Crippen LogP contribution in [-0.4, -0.2) is 24.1 Å². The molecule has 0 aromatic heterocycles. The van der Waals surface area contributed by atoms with E-state index in [0.717, 1.165) is 17.7 Å². The zero-order valence-corrected chi connectivity index (χ0v) is 18.4. The zero-order valence-electron chi connectivity index (χ0n) is 18.4. The summed E-state index contributed by atoms with van der Waals surface area (Å²) in [5.41, 5.74) is 0.461. The van der Waals surface area contributed by atoms with E-state index in [1.54, 1.807) is 12.1 Å². The van der Waals surface area contributed by atoms with Gasteiger partial charge in [0.2, 0.25) is 5.91 Å². The highest BCUT2D eigenvalue weighted by Crippen LogP contribution is 2.29. The average molecular weight is 461 g/mol. The first-order valence-electron chi connectivity index (χ1n) is 10.4. The number of halogens is 3. The van der Waals surface area contributed by atoms with Crippen molar-refractivity contribution in [2.24, 2.45) is 5.92 Å². The standard InChI is InChI=1S/C24H26F3N3O3/c1-16(2)12-21(30-23(32)33-15-18-6-4-3-5-7-18)22(31)29-20(14-28)13-17-8-10-19(11-9-17)24(25,26)27/h3-11,16,20-21H,12-13,15H2,1-2H3,(H,29,31)(H,30,32)/t20-,21-/m0/s1. The van der Waals surface area contributed by atoms with Crippen molar-refractivity contribution in [3.63, 3.8) is 0 Å². The van der Waals surface area contributed by atoms with Crippen LogP contribution in [0.25, 0.3) is 0 Å². The maximum atomic E-state index is 12.8. The summed E-state index contributed by atoms with van der Waals surface area (Å²) in [5, 5.41) is 14.5. The van der Waals surface area contributed by atoms with E-state index in [0.29, 0.717) is 12.0 Å². The van der Waals surface area contributed by atoms with Crippen LogP contribution in [0.15, 0.2) is 54.6 Å². The first-order chi connectivity index (χ1) is 15.6. The van der Waals surface area contributed by atoms with Crippen molar-refractivity contribution in [1.82, 2.24) is 10.6 Å². The van der Waals surface area contributed by atoms with Gasteiger partial charge < -0.3 is 15.4 Å². The van der Waals surface area contributed by atoms with E-state index in [1.807, 2.05) is 38.1 Å². The number of carbonyl (C=O) groups excluding carboxylic acids is 2. The number of nitrogens with one attached hydrogen (secondary N) is 2. The molecule has 2 amide bonds. The number of nitrogens with zero attached hydrogens (tertiary/aromatic N) is 1. The Morgan fingerprint density at radius 2 is 1.64 bits per heavy atom. The molecule has 2 rings (SSSR count). The summed E-state index contributed by atoms with van der Waals surface area (Å²) in [5.74, 6) is -0.510. The monoisotopic (exact) mass is 461 g/mol. The molecule has 2 aromatic rings. The Labute approximate surface area is 190 Å². The van der Waals surface area contributed by atoms with E-state index in [-0.39, 0.29) is 18.9 Å². The summed E-state index contributed by atoms with van der Waals surface area (Å²) in [6.07, 6.45) is -4.89. The number of hydrogen-bond acceptors (Lipinski definition) is 4. The molecule has 0 unspecified atom stereocenters. The van der Waals surface area contributed by atoms with Crippen molar-refractivity contribution in [3.8, 4) is 6.07 Å². The number of hydrogen-bond donors (Lipinski definition) is 2. The molecule has 176 valence electrons. The van der Waals surface area contributed by atoms with Crippen LogP contribution in [-0.2, 0) is 28.7 Å². The fourth-order valence-electron chi connectivity index (χ4n) is 3.08. The lowest BCUT2D eigenvalue weighted by Crippen LogP contribution is -2.50.